The topological polar surface area (TPSA) is 39.2 Å². The molecule has 25 heavy (non-hydrogen) atoms. The Labute approximate surface area is 142 Å². The lowest BCUT2D eigenvalue weighted by Crippen LogP contribution is -2.17. The van der Waals surface area contributed by atoms with Gasteiger partial charge in [0.25, 0.3) is 0 Å². The van der Waals surface area contributed by atoms with Crippen LogP contribution >= 0.6 is 0 Å². The largest absolute Gasteiger partial charge is 0.573 e. The molecule has 3 rings (SSSR count). The normalized spacial score (nSPS) is 11.6. The molecule has 0 radical (unpaired) electrons. The predicted octanol–water partition coefficient (Wildman–Crippen LogP) is 5.31. The highest BCUT2D eigenvalue weighted by Crippen LogP contribution is 2.38. The molecule has 6 heteroatoms. The second-order valence-electron chi connectivity index (χ2n) is 5.57. The van der Waals surface area contributed by atoms with Crippen molar-refractivity contribution < 1.29 is 22.7 Å². The van der Waals surface area contributed by atoms with Crippen molar-refractivity contribution in [2.45, 2.75) is 20.2 Å². The molecule has 0 aliphatic rings. The van der Waals surface area contributed by atoms with E-state index in [0.717, 1.165) is 5.56 Å². The van der Waals surface area contributed by atoms with Gasteiger partial charge in [-0.15, -0.1) is 13.2 Å². The number of benzene rings is 2. The van der Waals surface area contributed by atoms with Crippen LogP contribution in [0.4, 0.5) is 13.2 Å². The van der Waals surface area contributed by atoms with E-state index in [1.165, 1.54) is 19.1 Å². The van der Waals surface area contributed by atoms with Crippen LogP contribution in [-0.4, -0.2) is 17.1 Å². The minimum Gasteiger partial charge on any atom is -0.403 e. The summed E-state index contributed by atoms with van der Waals surface area (Å²) in [4.78, 5) is 16.4. The highest BCUT2D eigenvalue weighted by molar-refractivity contribution is 6.10. The molecule has 1 aromatic heterocycles. The van der Waals surface area contributed by atoms with Crippen molar-refractivity contribution in [1.29, 1.82) is 0 Å². The number of aromatic nitrogens is 1. The van der Waals surface area contributed by atoms with Crippen molar-refractivity contribution in [2.75, 3.05) is 0 Å². The van der Waals surface area contributed by atoms with Crippen molar-refractivity contribution in [3.05, 3.63) is 59.8 Å². The molecule has 0 unspecified atom stereocenters. The first-order chi connectivity index (χ1) is 11.8. The van der Waals surface area contributed by atoms with Gasteiger partial charge in [-0.05, 0) is 25.5 Å². The van der Waals surface area contributed by atoms with E-state index in [-0.39, 0.29) is 17.0 Å². The number of aryl methyl sites for hydroxylation is 1. The maximum Gasteiger partial charge on any atom is 0.573 e. The zero-order valence-corrected chi connectivity index (χ0v) is 13.5. The van der Waals surface area contributed by atoms with Gasteiger partial charge < -0.3 is 4.74 Å². The number of nitrogens with zero attached hydrogens (tertiary/aromatic N) is 1. The fourth-order valence-electron chi connectivity index (χ4n) is 2.92. The van der Waals surface area contributed by atoms with Gasteiger partial charge in [-0.3, -0.25) is 4.79 Å². The molecule has 0 aliphatic heterocycles. The molecule has 1 heterocycles. The molecule has 3 nitrogen and oxygen atoms in total. The summed E-state index contributed by atoms with van der Waals surface area (Å²) in [5.74, 6) is -0.590. The van der Waals surface area contributed by atoms with E-state index in [9.17, 15) is 18.0 Å². The SMILES string of the molecule is CC(=O)c1c(C)nc2c(OC(F)(F)F)cccc2c1-c1ccccc1. The minimum absolute atomic E-state index is 0.0705. The molecule has 0 bridgehead atoms. The third kappa shape index (κ3) is 3.33. The molecule has 128 valence electrons. The Kier molecular flexibility index (Phi) is 4.20. The Morgan fingerprint density at radius 2 is 1.72 bits per heavy atom. The molecule has 0 aliphatic carbocycles. The number of halogens is 3. The predicted molar refractivity (Wildman–Crippen MR) is 88.6 cm³/mol. The summed E-state index contributed by atoms with van der Waals surface area (Å²) in [6.07, 6.45) is -4.82. The van der Waals surface area contributed by atoms with Crippen LogP contribution in [0.2, 0.25) is 0 Å². The van der Waals surface area contributed by atoms with Crippen LogP contribution in [0.25, 0.3) is 22.0 Å². The molecule has 0 saturated carbocycles. The number of carbonyl (C=O) groups is 1. The summed E-state index contributed by atoms with van der Waals surface area (Å²) in [5, 5.41) is 0.434. The first-order valence-electron chi connectivity index (χ1n) is 7.53. The molecular weight excluding hydrogens is 331 g/mol. The Balaban J connectivity index is 2.40. The third-order valence-corrected chi connectivity index (χ3v) is 3.80. The summed E-state index contributed by atoms with van der Waals surface area (Å²) in [5.41, 5.74) is 2.11. The molecule has 2 aromatic carbocycles. The van der Waals surface area contributed by atoms with Crippen molar-refractivity contribution in [3.8, 4) is 16.9 Å². The number of rotatable bonds is 3. The number of fused-ring (bicyclic) bond motifs is 1. The van der Waals surface area contributed by atoms with E-state index in [1.807, 2.05) is 6.07 Å². The van der Waals surface area contributed by atoms with Gasteiger partial charge in [-0.2, -0.15) is 0 Å². The van der Waals surface area contributed by atoms with Crippen LogP contribution in [0, 0.1) is 6.92 Å². The third-order valence-electron chi connectivity index (χ3n) is 3.80. The van der Waals surface area contributed by atoms with Gasteiger partial charge in [0.2, 0.25) is 0 Å². The van der Waals surface area contributed by atoms with Crippen LogP contribution < -0.4 is 4.74 Å². The highest BCUT2D eigenvalue weighted by atomic mass is 19.4. The molecular formula is C19H14F3NO2. The van der Waals surface area contributed by atoms with E-state index >= 15 is 0 Å². The highest BCUT2D eigenvalue weighted by Gasteiger charge is 2.32. The van der Waals surface area contributed by atoms with Crippen molar-refractivity contribution in [1.82, 2.24) is 4.98 Å². The summed E-state index contributed by atoms with van der Waals surface area (Å²) < 4.78 is 42.2. The fraction of sp³-hybridized carbons (Fsp3) is 0.158. The number of alkyl halides is 3. The van der Waals surface area contributed by atoms with Crippen molar-refractivity contribution in [2.24, 2.45) is 0 Å². The standard InChI is InChI=1S/C19H14F3NO2/c1-11-16(12(2)24)17(13-7-4-3-5-8-13)14-9-6-10-15(18(14)23-11)25-19(20,21)22/h3-10H,1-2H3. The monoisotopic (exact) mass is 345 g/mol. The fourth-order valence-corrected chi connectivity index (χ4v) is 2.92. The zero-order chi connectivity index (χ0) is 18.2. The van der Waals surface area contributed by atoms with Gasteiger partial charge in [0, 0.05) is 22.2 Å². The van der Waals surface area contributed by atoms with Crippen molar-refractivity contribution in [3.63, 3.8) is 0 Å². The number of pyridine rings is 1. The average molecular weight is 345 g/mol. The molecule has 0 spiro atoms. The second-order valence-corrected chi connectivity index (χ2v) is 5.57. The van der Waals surface area contributed by atoms with E-state index in [1.54, 1.807) is 37.3 Å². The molecule has 0 N–H and O–H groups in total. The maximum atomic E-state index is 12.7. The molecule has 0 atom stereocenters. The van der Waals surface area contributed by atoms with E-state index < -0.39 is 6.36 Å². The number of Topliss-reactive ketones (excluding diaryl/α,β-unsaturated/α-hetero) is 1. The number of carbonyl (C=O) groups excluding carboxylic acids is 1. The van der Waals surface area contributed by atoms with E-state index in [2.05, 4.69) is 9.72 Å². The molecule has 3 aromatic rings. The lowest BCUT2D eigenvalue weighted by Gasteiger charge is -2.17. The van der Waals surface area contributed by atoms with Crippen molar-refractivity contribution >= 4 is 16.7 Å². The second kappa shape index (κ2) is 6.20. The van der Waals surface area contributed by atoms with Crippen LogP contribution in [0.3, 0.4) is 0 Å². The van der Waals surface area contributed by atoms with Gasteiger partial charge in [-0.1, -0.05) is 42.5 Å². The first-order valence-corrected chi connectivity index (χ1v) is 7.53. The Morgan fingerprint density at radius 3 is 2.32 bits per heavy atom. The summed E-state index contributed by atoms with van der Waals surface area (Å²) in [6.45, 7) is 3.02. The summed E-state index contributed by atoms with van der Waals surface area (Å²) >= 11 is 0. The van der Waals surface area contributed by atoms with Gasteiger partial charge >= 0.3 is 6.36 Å². The van der Waals surface area contributed by atoms with Crippen LogP contribution in [0.5, 0.6) is 5.75 Å². The number of para-hydroxylation sites is 1. The maximum absolute atomic E-state index is 12.7. The average Bonchev–Trinajstić information content (AvgIpc) is 2.53. The lowest BCUT2D eigenvalue weighted by atomic mass is 9.92. The Hall–Kier alpha value is -2.89. The number of hydrogen-bond acceptors (Lipinski definition) is 3. The molecule has 0 amide bonds. The minimum atomic E-state index is -4.82. The quantitative estimate of drug-likeness (QED) is 0.604. The number of hydrogen-bond donors (Lipinski definition) is 0. The van der Waals surface area contributed by atoms with Crippen LogP contribution in [0.15, 0.2) is 48.5 Å². The summed E-state index contributed by atoms with van der Waals surface area (Å²) in [6, 6.07) is 13.3. The Bertz CT molecular complexity index is 950. The number of ketones is 1. The first kappa shape index (κ1) is 17.0. The van der Waals surface area contributed by atoms with E-state index in [0.29, 0.717) is 22.2 Å². The number of ether oxygens (including phenoxy) is 1. The van der Waals surface area contributed by atoms with Gasteiger partial charge in [-0.25, -0.2) is 4.98 Å². The van der Waals surface area contributed by atoms with Gasteiger partial charge in [0.05, 0.1) is 0 Å². The van der Waals surface area contributed by atoms with Gasteiger partial charge in [0.15, 0.2) is 11.5 Å². The van der Waals surface area contributed by atoms with Crippen LogP contribution in [0.1, 0.15) is 23.0 Å². The molecule has 0 fully saturated rings. The van der Waals surface area contributed by atoms with Gasteiger partial charge in [0.1, 0.15) is 5.52 Å². The summed E-state index contributed by atoms with van der Waals surface area (Å²) in [7, 11) is 0. The molecule has 0 saturated heterocycles. The Morgan fingerprint density at radius 1 is 1.04 bits per heavy atom. The van der Waals surface area contributed by atoms with Crippen LogP contribution in [-0.2, 0) is 0 Å². The lowest BCUT2D eigenvalue weighted by molar-refractivity contribution is -0.274. The van der Waals surface area contributed by atoms with E-state index in [4.69, 9.17) is 0 Å². The smallest absolute Gasteiger partial charge is 0.403 e. The zero-order valence-electron chi connectivity index (χ0n) is 13.5.